The molecule has 1 aromatic rings. The number of nitrogens with one attached hydrogen (secondary N) is 2. The standard InChI is InChI=1S/C10H15BrN4O/c1-10(2)5-15(4-3-14-10)8-7(11)9(16)13-6-12-8/h6,14H,3-5H2,1-2H3,(H,12,13,16). The van der Waals surface area contributed by atoms with E-state index in [2.05, 4.69) is 50.0 Å². The average molecular weight is 287 g/mol. The lowest BCUT2D eigenvalue weighted by molar-refractivity contribution is 0.351. The van der Waals surface area contributed by atoms with Crippen LogP contribution in [0.1, 0.15) is 13.8 Å². The maximum Gasteiger partial charge on any atom is 0.267 e. The Bertz CT molecular complexity index is 443. The van der Waals surface area contributed by atoms with E-state index in [0.29, 0.717) is 4.47 Å². The summed E-state index contributed by atoms with van der Waals surface area (Å²) < 4.78 is 0.507. The Morgan fingerprint density at radius 3 is 3.00 bits per heavy atom. The van der Waals surface area contributed by atoms with Crippen molar-refractivity contribution in [3.8, 4) is 0 Å². The van der Waals surface area contributed by atoms with Gasteiger partial charge in [-0.1, -0.05) is 0 Å². The minimum absolute atomic E-state index is 0.0436. The van der Waals surface area contributed by atoms with Crippen LogP contribution < -0.4 is 15.8 Å². The summed E-state index contributed by atoms with van der Waals surface area (Å²) in [4.78, 5) is 20.3. The first kappa shape index (κ1) is 11.6. The van der Waals surface area contributed by atoms with Gasteiger partial charge < -0.3 is 15.2 Å². The predicted molar refractivity (Wildman–Crippen MR) is 66.9 cm³/mol. The van der Waals surface area contributed by atoms with E-state index in [9.17, 15) is 4.79 Å². The molecule has 0 atom stereocenters. The van der Waals surface area contributed by atoms with Crippen LogP contribution in [0.15, 0.2) is 15.6 Å². The number of hydrogen-bond donors (Lipinski definition) is 2. The van der Waals surface area contributed by atoms with Gasteiger partial charge in [-0.25, -0.2) is 4.98 Å². The number of hydrogen-bond acceptors (Lipinski definition) is 4. The van der Waals surface area contributed by atoms with Gasteiger partial charge in [0, 0.05) is 25.2 Å². The molecule has 1 aliphatic rings. The number of H-pyrrole nitrogens is 1. The topological polar surface area (TPSA) is 61.0 Å². The van der Waals surface area contributed by atoms with Gasteiger partial charge in [0.2, 0.25) is 0 Å². The van der Waals surface area contributed by atoms with Gasteiger partial charge in [-0.05, 0) is 29.8 Å². The summed E-state index contributed by atoms with van der Waals surface area (Å²) in [6, 6.07) is 0. The molecule has 1 fully saturated rings. The van der Waals surface area contributed by atoms with E-state index in [1.807, 2.05) is 0 Å². The predicted octanol–water partition coefficient (Wildman–Crippen LogP) is 0.721. The summed E-state index contributed by atoms with van der Waals surface area (Å²) in [6.45, 7) is 6.87. The minimum atomic E-state index is -0.138. The van der Waals surface area contributed by atoms with Crippen LogP contribution in [0.4, 0.5) is 5.82 Å². The highest BCUT2D eigenvalue weighted by atomic mass is 79.9. The molecule has 2 heterocycles. The van der Waals surface area contributed by atoms with Crippen LogP contribution in [0, 0.1) is 0 Å². The monoisotopic (exact) mass is 286 g/mol. The average Bonchev–Trinajstić information content (AvgIpc) is 2.20. The Morgan fingerprint density at radius 1 is 1.56 bits per heavy atom. The summed E-state index contributed by atoms with van der Waals surface area (Å²) in [5.41, 5.74) is -0.0940. The highest BCUT2D eigenvalue weighted by Gasteiger charge is 2.27. The van der Waals surface area contributed by atoms with Crippen LogP contribution in [0.3, 0.4) is 0 Å². The number of piperazine rings is 1. The summed E-state index contributed by atoms with van der Waals surface area (Å²) in [5.74, 6) is 0.721. The van der Waals surface area contributed by atoms with Crippen LogP contribution in [-0.2, 0) is 0 Å². The molecule has 0 bridgehead atoms. The van der Waals surface area contributed by atoms with Gasteiger partial charge in [-0.3, -0.25) is 4.79 Å². The Morgan fingerprint density at radius 2 is 2.31 bits per heavy atom. The molecule has 0 spiro atoms. The number of aromatic amines is 1. The van der Waals surface area contributed by atoms with E-state index in [1.54, 1.807) is 0 Å². The lowest BCUT2D eigenvalue weighted by Crippen LogP contribution is -2.57. The Balaban J connectivity index is 2.31. The Kier molecular flexibility index (Phi) is 3.03. The molecule has 0 aliphatic carbocycles. The molecule has 6 heteroatoms. The lowest BCUT2D eigenvalue weighted by Gasteiger charge is -2.39. The fraction of sp³-hybridized carbons (Fsp3) is 0.600. The van der Waals surface area contributed by atoms with Crippen LogP contribution >= 0.6 is 15.9 Å². The van der Waals surface area contributed by atoms with Gasteiger partial charge in [-0.2, -0.15) is 0 Å². The Labute approximate surface area is 102 Å². The highest BCUT2D eigenvalue weighted by Crippen LogP contribution is 2.22. The molecule has 0 radical (unpaired) electrons. The zero-order valence-corrected chi connectivity index (χ0v) is 11.0. The normalized spacial score (nSPS) is 19.8. The molecule has 0 aromatic carbocycles. The number of halogens is 1. The van der Waals surface area contributed by atoms with Crippen molar-refractivity contribution in [1.29, 1.82) is 0 Å². The maximum absolute atomic E-state index is 11.5. The summed E-state index contributed by atoms with van der Waals surface area (Å²) in [6.07, 6.45) is 1.44. The summed E-state index contributed by atoms with van der Waals surface area (Å²) >= 11 is 3.28. The van der Waals surface area contributed by atoms with Crippen LogP contribution in [0.5, 0.6) is 0 Å². The van der Waals surface area contributed by atoms with Crippen LogP contribution in [0.25, 0.3) is 0 Å². The number of rotatable bonds is 1. The van der Waals surface area contributed by atoms with Gasteiger partial charge >= 0.3 is 0 Å². The highest BCUT2D eigenvalue weighted by molar-refractivity contribution is 9.10. The zero-order valence-electron chi connectivity index (χ0n) is 9.38. The molecule has 0 saturated carbocycles. The van der Waals surface area contributed by atoms with E-state index < -0.39 is 0 Å². The second-order valence-corrected chi connectivity index (χ2v) is 5.39. The lowest BCUT2D eigenvalue weighted by atomic mass is 10.0. The van der Waals surface area contributed by atoms with Crippen molar-refractivity contribution in [2.24, 2.45) is 0 Å². The van der Waals surface area contributed by atoms with E-state index in [1.165, 1.54) is 6.33 Å². The fourth-order valence-corrected chi connectivity index (χ4v) is 2.38. The zero-order chi connectivity index (χ0) is 11.8. The van der Waals surface area contributed by atoms with Crippen molar-refractivity contribution in [3.05, 3.63) is 21.2 Å². The van der Waals surface area contributed by atoms with Crippen molar-refractivity contribution >= 4 is 21.7 Å². The van der Waals surface area contributed by atoms with Crippen LogP contribution in [-0.4, -0.2) is 35.1 Å². The SMILES string of the molecule is CC1(C)CN(c2nc[nH]c(=O)c2Br)CCN1. The minimum Gasteiger partial charge on any atom is -0.352 e. The van der Waals surface area contributed by atoms with Crippen molar-refractivity contribution < 1.29 is 0 Å². The molecule has 16 heavy (non-hydrogen) atoms. The third kappa shape index (κ3) is 2.27. The summed E-state index contributed by atoms with van der Waals surface area (Å²) in [7, 11) is 0. The molecule has 88 valence electrons. The number of aromatic nitrogens is 2. The maximum atomic E-state index is 11.5. The van der Waals surface area contributed by atoms with E-state index >= 15 is 0 Å². The smallest absolute Gasteiger partial charge is 0.267 e. The van der Waals surface area contributed by atoms with Crippen molar-refractivity contribution in [2.45, 2.75) is 19.4 Å². The van der Waals surface area contributed by atoms with E-state index in [0.717, 1.165) is 25.5 Å². The molecule has 0 unspecified atom stereocenters. The Hall–Kier alpha value is -0.880. The van der Waals surface area contributed by atoms with Gasteiger partial charge in [0.25, 0.3) is 5.56 Å². The molecule has 1 saturated heterocycles. The molecule has 1 aliphatic heterocycles. The van der Waals surface area contributed by atoms with Gasteiger partial charge in [0.15, 0.2) is 0 Å². The largest absolute Gasteiger partial charge is 0.352 e. The second-order valence-electron chi connectivity index (χ2n) is 4.60. The van der Waals surface area contributed by atoms with Crippen molar-refractivity contribution in [3.63, 3.8) is 0 Å². The third-order valence-corrected chi connectivity index (χ3v) is 3.36. The summed E-state index contributed by atoms with van der Waals surface area (Å²) in [5, 5.41) is 3.42. The molecule has 2 rings (SSSR count). The molecule has 0 amide bonds. The molecular weight excluding hydrogens is 272 g/mol. The first-order chi connectivity index (χ1) is 7.49. The molecule has 1 aromatic heterocycles. The van der Waals surface area contributed by atoms with Gasteiger partial charge in [0.1, 0.15) is 10.3 Å². The molecular formula is C10H15BrN4O. The van der Waals surface area contributed by atoms with E-state index in [-0.39, 0.29) is 11.1 Å². The first-order valence-electron chi connectivity index (χ1n) is 5.23. The third-order valence-electron chi connectivity index (χ3n) is 2.65. The first-order valence-corrected chi connectivity index (χ1v) is 6.02. The van der Waals surface area contributed by atoms with Crippen molar-refractivity contribution in [2.75, 3.05) is 24.5 Å². The number of nitrogens with zero attached hydrogens (tertiary/aromatic N) is 2. The van der Waals surface area contributed by atoms with Gasteiger partial charge in [-0.15, -0.1) is 0 Å². The molecule has 5 nitrogen and oxygen atoms in total. The van der Waals surface area contributed by atoms with Crippen molar-refractivity contribution in [1.82, 2.24) is 15.3 Å². The fourth-order valence-electron chi connectivity index (χ4n) is 1.92. The van der Waals surface area contributed by atoms with Crippen LogP contribution in [0.2, 0.25) is 0 Å². The quantitative estimate of drug-likeness (QED) is 0.799. The second kappa shape index (κ2) is 4.18. The van der Waals surface area contributed by atoms with Gasteiger partial charge in [0.05, 0.1) is 6.33 Å². The number of anilines is 1. The van der Waals surface area contributed by atoms with E-state index in [4.69, 9.17) is 0 Å². The molecule has 2 N–H and O–H groups in total.